The molecule has 2 nitrogen and oxygen atoms in total. The van der Waals surface area contributed by atoms with E-state index in [2.05, 4.69) is 0 Å². The van der Waals surface area contributed by atoms with Crippen LogP contribution in [-0.2, 0) is 4.79 Å². The van der Waals surface area contributed by atoms with Crippen LogP contribution in [0.5, 0.6) is 0 Å². The van der Waals surface area contributed by atoms with Crippen LogP contribution < -0.4 is 4.90 Å². The van der Waals surface area contributed by atoms with Crippen LogP contribution in [0.3, 0.4) is 0 Å². The van der Waals surface area contributed by atoms with Gasteiger partial charge in [-0.15, -0.1) is 0 Å². The lowest BCUT2D eigenvalue weighted by molar-refractivity contribution is -0.115. The van der Waals surface area contributed by atoms with Gasteiger partial charge in [0.1, 0.15) is 5.03 Å². The van der Waals surface area contributed by atoms with E-state index in [1.54, 1.807) is 0 Å². The highest BCUT2D eigenvalue weighted by Gasteiger charge is 2.21. The van der Waals surface area contributed by atoms with E-state index in [9.17, 15) is 4.79 Å². The summed E-state index contributed by atoms with van der Waals surface area (Å²) in [6.07, 6.45) is 2.34. The molecule has 0 heterocycles. The predicted molar refractivity (Wildman–Crippen MR) is 66.6 cm³/mol. The maximum Gasteiger partial charge on any atom is 0.175 e. The molecule has 0 bridgehead atoms. The second kappa shape index (κ2) is 4.71. The minimum Gasteiger partial charge on any atom is -0.347 e. The molecule has 16 heavy (non-hydrogen) atoms. The molecule has 0 aliphatic heterocycles. The molecule has 0 unspecified atom stereocenters. The molecule has 0 atom stereocenters. The largest absolute Gasteiger partial charge is 0.347 e. The number of anilines is 1. The van der Waals surface area contributed by atoms with Crippen molar-refractivity contribution < 1.29 is 4.79 Å². The van der Waals surface area contributed by atoms with Crippen molar-refractivity contribution in [3.05, 3.63) is 41.1 Å². The number of Topliss-reactive ketones (excluding diaryl/α,β-unsaturated/α-hetero) is 1. The summed E-state index contributed by atoms with van der Waals surface area (Å²) in [5.74, 6) is 0.0608. The number of nitrogens with zero attached hydrogens (tertiary/aromatic N) is 1. The van der Waals surface area contributed by atoms with Crippen LogP contribution in [0.25, 0.3) is 0 Å². The number of carbonyl (C=O) groups is 1. The van der Waals surface area contributed by atoms with Gasteiger partial charge in [0.25, 0.3) is 0 Å². The van der Waals surface area contributed by atoms with Crippen molar-refractivity contribution in [2.45, 2.75) is 19.3 Å². The number of para-hydroxylation sites is 1. The summed E-state index contributed by atoms with van der Waals surface area (Å²) in [4.78, 5) is 13.5. The topological polar surface area (TPSA) is 20.3 Å². The molecule has 0 radical (unpaired) electrons. The van der Waals surface area contributed by atoms with Gasteiger partial charge in [-0.05, 0) is 25.0 Å². The number of ketones is 1. The van der Waals surface area contributed by atoms with Gasteiger partial charge in [-0.3, -0.25) is 4.79 Å². The predicted octanol–water partition coefficient (Wildman–Crippen LogP) is 3.33. The van der Waals surface area contributed by atoms with Crippen molar-refractivity contribution in [2.24, 2.45) is 0 Å². The van der Waals surface area contributed by atoms with Crippen LogP contribution in [0.4, 0.5) is 5.69 Å². The van der Waals surface area contributed by atoms with E-state index in [1.165, 1.54) is 0 Å². The second-order valence-corrected chi connectivity index (χ2v) is 4.31. The maximum absolute atomic E-state index is 11.5. The normalized spacial score (nSPS) is 16.5. The number of allylic oxidation sites excluding steroid dienone is 2. The standard InChI is InChI=1S/C13H14ClNO/c1-15(10-6-3-2-4-7-10)11-8-5-9-12(16)13(11)14/h2-4,6-7H,5,8-9H2,1H3. The smallest absolute Gasteiger partial charge is 0.175 e. The van der Waals surface area contributed by atoms with Gasteiger partial charge in [0.2, 0.25) is 0 Å². The van der Waals surface area contributed by atoms with E-state index in [-0.39, 0.29) is 5.78 Å². The van der Waals surface area contributed by atoms with Crippen LogP contribution in [0.15, 0.2) is 41.1 Å². The molecule has 84 valence electrons. The number of hydrogen-bond donors (Lipinski definition) is 0. The first-order valence-electron chi connectivity index (χ1n) is 5.41. The summed E-state index contributed by atoms with van der Waals surface area (Å²) in [6.45, 7) is 0. The highest BCUT2D eigenvalue weighted by Crippen LogP contribution is 2.29. The number of carbonyl (C=O) groups excluding carboxylic acids is 1. The Labute approximate surface area is 101 Å². The van der Waals surface area contributed by atoms with Crippen molar-refractivity contribution in [3.63, 3.8) is 0 Å². The van der Waals surface area contributed by atoms with Crippen LogP contribution in [0, 0.1) is 0 Å². The summed E-state index contributed by atoms with van der Waals surface area (Å²) in [7, 11) is 1.95. The van der Waals surface area contributed by atoms with Gasteiger partial charge < -0.3 is 4.90 Å². The van der Waals surface area contributed by atoms with Gasteiger partial charge in [-0.1, -0.05) is 29.8 Å². The maximum atomic E-state index is 11.5. The van der Waals surface area contributed by atoms with Crippen LogP contribution in [0.2, 0.25) is 0 Å². The minimum absolute atomic E-state index is 0.0608. The summed E-state index contributed by atoms with van der Waals surface area (Å²) in [5, 5.41) is 0.401. The molecule has 0 N–H and O–H groups in total. The Balaban J connectivity index is 2.32. The lowest BCUT2D eigenvalue weighted by Crippen LogP contribution is -2.22. The average Bonchev–Trinajstić information content (AvgIpc) is 2.33. The lowest BCUT2D eigenvalue weighted by Gasteiger charge is -2.26. The first-order chi connectivity index (χ1) is 7.70. The molecule has 1 aromatic carbocycles. The Morgan fingerprint density at radius 3 is 2.56 bits per heavy atom. The molecular formula is C13H14ClNO. The van der Waals surface area contributed by atoms with Crippen LogP contribution in [0.1, 0.15) is 19.3 Å². The van der Waals surface area contributed by atoms with Gasteiger partial charge in [0, 0.05) is 24.9 Å². The molecule has 0 saturated heterocycles. The second-order valence-electron chi connectivity index (χ2n) is 3.93. The van der Waals surface area contributed by atoms with Crippen LogP contribution in [-0.4, -0.2) is 12.8 Å². The summed E-state index contributed by atoms with van der Waals surface area (Å²) in [5.41, 5.74) is 1.99. The SMILES string of the molecule is CN(C1=C(Cl)C(=O)CCC1)c1ccccc1. The fourth-order valence-corrected chi connectivity index (χ4v) is 2.23. The third-order valence-electron chi connectivity index (χ3n) is 2.86. The summed E-state index contributed by atoms with van der Waals surface area (Å²) < 4.78 is 0. The van der Waals surface area contributed by atoms with Crippen molar-refractivity contribution >= 4 is 23.1 Å². The number of hydrogen-bond acceptors (Lipinski definition) is 2. The zero-order chi connectivity index (χ0) is 11.5. The molecular weight excluding hydrogens is 222 g/mol. The zero-order valence-corrected chi connectivity index (χ0v) is 10.00. The molecule has 2 rings (SSSR count). The monoisotopic (exact) mass is 235 g/mol. The van der Waals surface area contributed by atoms with E-state index in [4.69, 9.17) is 11.6 Å². The first-order valence-corrected chi connectivity index (χ1v) is 5.78. The Morgan fingerprint density at radius 1 is 1.19 bits per heavy atom. The number of rotatable bonds is 2. The third-order valence-corrected chi connectivity index (χ3v) is 3.29. The van der Waals surface area contributed by atoms with Crippen molar-refractivity contribution in [2.75, 3.05) is 11.9 Å². The Bertz CT molecular complexity index is 425. The van der Waals surface area contributed by atoms with Crippen LogP contribution >= 0.6 is 11.6 Å². The average molecular weight is 236 g/mol. The highest BCUT2D eigenvalue weighted by atomic mass is 35.5. The van der Waals surface area contributed by atoms with E-state index in [1.807, 2.05) is 42.3 Å². The van der Waals surface area contributed by atoms with E-state index >= 15 is 0 Å². The molecule has 0 spiro atoms. The van der Waals surface area contributed by atoms with E-state index < -0.39 is 0 Å². The van der Waals surface area contributed by atoms with Crippen molar-refractivity contribution in [1.82, 2.24) is 0 Å². The molecule has 1 aliphatic carbocycles. The van der Waals surface area contributed by atoms with Gasteiger partial charge in [0.05, 0.1) is 0 Å². The molecule has 1 aliphatic rings. The summed E-state index contributed by atoms with van der Waals surface area (Å²) in [6, 6.07) is 9.95. The lowest BCUT2D eigenvalue weighted by atomic mass is 10.0. The van der Waals surface area contributed by atoms with Gasteiger partial charge >= 0.3 is 0 Å². The van der Waals surface area contributed by atoms with Crippen molar-refractivity contribution in [1.29, 1.82) is 0 Å². The zero-order valence-electron chi connectivity index (χ0n) is 9.24. The Morgan fingerprint density at radius 2 is 1.88 bits per heavy atom. The summed E-state index contributed by atoms with van der Waals surface area (Å²) >= 11 is 6.07. The van der Waals surface area contributed by atoms with Gasteiger partial charge in [0.15, 0.2) is 5.78 Å². The fraction of sp³-hybridized carbons (Fsp3) is 0.308. The van der Waals surface area contributed by atoms with Crippen molar-refractivity contribution in [3.8, 4) is 0 Å². The highest BCUT2D eigenvalue weighted by molar-refractivity contribution is 6.43. The van der Waals surface area contributed by atoms with E-state index in [0.29, 0.717) is 11.5 Å². The Kier molecular flexibility index (Phi) is 3.30. The van der Waals surface area contributed by atoms with Gasteiger partial charge in [-0.2, -0.15) is 0 Å². The number of halogens is 1. The molecule has 0 saturated carbocycles. The molecule has 1 aromatic rings. The fourth-order valence-electron chi connectivity index (χ4n) is 1.92. The third kappa shape index (κ3) is 2.12. The van der Waals surface area contributed by atoms with Gasteiger partial charge in [-0.25, -0.2) is 0 Å². The molecule has 0 aromatic heterocycles. The Hall–Kier alpha value is -1.28. The quantitative estimate of drug-likeness (QED) is 0.784. The molecule has 0 fully saturated rings. The minimum atomic E-state index is 0.0608. The number of benzene rings is 1. The molecule has 0 amide bonds. The van der Waals surface area contributed by atoms with E-state index in [0.717, 1.165) is 24.2 Å². The first kappa shape index (κ1) is 11.2. The molecule has 3 heteroatoms.